The van der Waals surface area contributed by atoms with Gasteiger partial charge in [-0.05, 0) is 13.8 Å². The number of benzene rings is 1. The first-order valence-corrected chi connectivity index (χ1v) is 6.41. The maximum Gasteiger partial charge on any atom is 0.319 e. The lowest BCUT2D eigenvalue weighted by molar-refractivity contribution is -0.393. The van der Waals surface area contributed by atoms with Crippen LogP contribution in [-0.4, -0.2) is 27.9 Å². The summed E-state index contributed by atoms with van der Waals surface area (Å²) in [6.45, 7) is 4.58. The molecule has 10 nitrogen and oxygen atoms in total. The van der Waals surface area contributed by atoms with Crippen LogP contribution in [0.1, 0.15) is 13.8 Å². The molecule has 0 spiro atoms. The number of fused-ring (bicyclic) bond motifs is 1. The monoisotopic (exact) mass is 308 g/mol. The predicted molar refractivity (Wildman–Crippen MR) is 77.1 cm³/mol. The molecular formula is C12H12N4O6. The molecular weight excluding hydrogens is 296 g/mol. The molecule has 22 heavy (non-hydrogen) atoms. The second-order valence-electron chi connectivity index (χ2n) is 4.33. The minimum Gasteiger partial charge on any atom is -0.417 e. The SMILES string of the molecule is CCN(CC)c1nc(=O)c2cc([N+](=O)[O-])cc([N+](=O)[O-])c2o1. The summed E-state index contributed by atoms with van der Waals surface area (Å²) in [7, 11) is 0. The van der Waals surface area contributed by atoms with E-state index < -0.39 is 26.8 Å². The van der Waals surface area contributed by atoms with Gasteiger partial charge in [0, 0.05) is 19.2 Å². The van der Waals surface area contributed by atoms with Gasteiger partial charge in [-0.3, -0.25) is 25.0 Å². The molecule has 0 fully saturated rings. The smallest absolute Gasteiger partial charge is 0.319 e. The normalized spacial score (nSPS) is 10.6. The Morgan fingerprint density at radius 3 is 2.32 bits per heavy atom. The van der Waals surface area contributed by atoms with Crippen LogP contribution in [0.25, 0.3) is 11.0 Å². The number of anilines is 1. The van der Waals surface area contributed by atoms with Crippen molar-refractivity contribution < 1.29 is 14.3 Å². The fourth-order valence-corrected chi connectivity index (χ4v) is 2.00. The van der Waals surface area contributed by atoms with Crippen molar-refractivity contribution in [2.45, 2.75) is 13.8 Å². The van der Waals surface area contributed by atoms with Crippen LogP contribution in [0, 0.1) is 20.2 Å². The molecule has 1 aromatic heterocycles. The highest BCUT2D eigenvalue weighted by Gasteiger charge is 2.25. The Morgan fingerprint density at radius 2 is 1.82 bits per heavy atom. The lowest BCUT2D eigenvalue weighted by Gasteiger charge is -2.17. The maximum absolute atomic E-state index is 12.0. The van der Waals surface area contributed by atoms with Gasteiger partial charge in [-0.1, -0.05) is 0 Å². The Morgan fingerprint density at radius 1 is 1.18 bits per heavy atom. The molecule has 0 unspecified atom stereocenters. The molecule has 10 heteroatoms. The standard InChI is InChI=1S/C12H12N4O6/c1-3-14(4-2)12-13-11(17)8-5-7(15(18)19)6-9(16(20)21)10(8)22-12/h5-6H,3-4H2,1-2H3. The van der Waals surface area contributed by atoms with Crippen LogP contribution >= 0.6 is 0 Å². The highest BCUT2D eigenvalue weighted by molar-refractivity contribution is 5.87. The molecule has 2 aromatic rings. The van der Waals surface area contributed by atoms with Gasteiger partial charge in [0.2, 0.25) is 5.58 Å². The number of hydrogen-bond donors (Lipinski definition) is 0. The van der Waals surface area contributed by atoms with Crippen LogP contribution in [0.2, 0.25) is 0 Å². The molecule has 116 valence electrons. The average molecular weight is 308 g/mol. The zero-order valence-corrected chi connectivity index (χ0v) is 11.8. The topological polar surface area (TPSA) is 133 Å². The summed E-state index contributed by atoms with van der Waals surface area (Å²) in [6, 6.07) is 1.63. The van der Waals surface area contributed by atoms with E-state index in [9.17, 15) is 25.0 Å². The fraction of sp³-hybridized carbons (Fsp3) is 0.333. The average Bonchev–Trinajstić information content (AvgIpc) is 2.47. The molecule has 0 saturated heterocycles. The second-order valence-corrected chi connectivity index (χ2v) is 4.33. The van der Waals surface area contributed by atoms with E-state index in [1.807, 2.05) is 0 Å². The van der Waals surface area contributed by atoms with E-state index in [-0.39, 0.29) is 17.0 Å². The van der Waals surface area contributed by atoms with E-state index in [2.05, 4.69) is 4.98 Å². The Hall–Kier alpha value is -3.04. The number of rotatable bonds is 5. The van der Waals surface area contributed by atoms with Gasteiger partial charge in [-0.25, -0.2) is 0 Å². The predicted octanol–water partition coefficient (Wildman–Crippen LogP) is 1.85. The van der Waals surface area contributed by atoms with E-state index in [0.29, 0.717) is 13.1 Å². The summed E-state index contributed by atoms with van der Waals surface area (Å²) in [5.74, 6) is 0. The lowest BCUT2D eigenvalue weighted by Crippen LogP contribution is -2.25. The number of non-ortho nitro benzene ring substituents is 2. The molecule has 0 amide bonds. The maximum atomic E-state index is 12.0. The molecule has 1 aromatic carbocycles. The second kappa shape index (κ2) is 5.76. The molecule has 0 aliphatic carbocycles. The molecule has 0 saturated carbocycles. The Balaban J connectivity index is 2.85. The summed E-state index contributed by atoms with van der Waals surface area (Å²) in [4.78, 5) is 37.6. The van der Waals surface area contributed by atoms with Crippen molar-refractivity contribution in [1.29, 1.82) is 0 Å². The highest BCUT2D eigenvalue weighted by atomic mass is 16.6. The third-order valence-electron chi connectivity index (χ3n) is 3.12. The van der Waals surface area contributed by atoms with Crippen molar-refractivity contribution in [2.75, 3.05) is 18.0 Å². The van der Waals surface area contributed by atoms with Crippen molar-refractivity contribution in [2.24, 2.45) is 0 Å². The van der Waals surface area contributed by atoms with Gasteiger partial charge in [0.05, 0.1) is 21.3 Å². The molecule has 0 aliphatic rings. The van der Waals surface area contributed by atoms with Crippen molar-refractivity contribution in [3.63, 3.8) is 0 Å². The van der Waals surface area contributed by atoms with Crippen molar-refractivity contribution in [3.8, 4) is 0 Å². The fourth-order valence-electron chi connectivity index (χ4n) is 2.00. The van der Waals surface area contributed by atoms with E-state index >= 15 is 0 Å². The number of nitro groups is 2. The summed E-state index contributed by atoms with van der Waals surface area (Å²) in [5, 5.41) is 21.6. The highest BCUT2D eigenvalue weighted by Crippen LogP contribution is 2.30. The van der Waals surface area contributed by atoms with Gasteiger partial charge in [0.15, 0.2) is 0 Å². The van der Waals surface area contributed by atoms with Crippen LogP contribution in [0.3, 0.4) is 0 Å². The summed E-state index contributed by atoms with van der Waals surface area (Å²) in [6.07, 6.45) is 0. The van der Waals surface area contributed by atoms with E-state index in [4.69, 9.17) is 4.42 Å². The Kier molecular flexibility index (Phi) is 4.02. The van der Waals surface area contributed by atoms with Gasteiger partial charge < -0.3 is 9.32 Å². The molecule has 0 atom stereocenters. The molecule has 0 radical (unpaired) electrons. The minimum absolute atomic E-state index is 0.0561. The number of nitrogens with zero attached hydrogens (tertiary/aromatic N) is 4. The van der Waals surface area contributed by atoms with Crippen LogP contribution in [-0.2, 0) is 0 Å². The molecule has 0 N–H and O–H groups in total. The first kappa shape index (κ1) is 15.4. The van der Waals surface area contributed by atoms with Gasteiger partial charge in [-0.15, -0.1) is 0 Å². The molecule has 1 heterocycles. The van der Waals surface area contributed by atoms with E-state index in [1.54, 1.807) is 18.7 Å². The number of nitro benzene ring substituents is 2. The molecule has 0 aliphatic heterocycles. The Bertz CT molecular complexity index is 811. The van der Waals surface area contributed by atoms with Crippen LogP contribution in [0.4, 0.5) is 17.4 Å². The largest absolute Gasteiger partial charge is 0.417 e. The van der Waals surface area contributed by atoms with Crippen molar-refractivity contribution in [3.05, 3.63) is 42.7 Å². The summed E-state index contributed by atoms with van der Waals surface area (Å²) in [5.41, 5.74) is -2.34. The molecule has 2 rings (SSSR count). The van der Waals surface area contributed by atoms with Crippen LogP contribution < -0.4 is 10.5 Å². The first-order valence-electron chi connectivity index (χ1n) is 6.41. The van der Waals surface area contributed by atoms with Gasteiger partial charge in [-0.2, -0.15) is 4.98 Å². The number of hydrogen-bond acceptors (Lipinski definition) is 8. The van der Waals surface area contributed by atoms with Gasteiger partial charge in [0.1, 0.15) is 0 Å². The summed E-state index contributed by atoms with van der Waals surface area (Å²) < 4.78 is 5.36. The van der Waals surface area contributed by atoms with Crippen LogP contribution in [0.15, 0.2) is 21.3 Å². The number of aromatic nitrogens is 1. The van der Waals surface area contributed by atoms with Crippen molar-refractivity contribution >= 4 is 28.4 Å². The van der Waals surface area contributed by atoms with E-state index in [1.165, 1.54) is 0 Å². The van der Waals surface area contributed by atoms with Gasteiger partial charge in [0.25, 0.3) is 11.2 Å². The van der Waals surface area contributed by atoms with Crippen molar-refractivity contribution in [1.82, 2.24) is 4.98 Å². The van der Waals surface area contributed by atoms with Crippen LogP contribution in [0.5, 0.6) is 0 Å². The minimum atomic E-state index is -0.829. The molecule has 0 bridgehead atoms. The van der Waals surface area contributed by atoms with Gasteiger partial charge >= 0.3 is 11.7 Å². The zero-order valence-electron chi connectivity index (χ0n) is 11.8. The first-order chi connectivity index (χ1) is 10.4. The Labute approximate surface area is 123 Å². The lowest BCUT2D eigenvalue weighted by atomic mass is 10.2. The summed E-state index contributed by atoms with van der Waals surface area (Å²) >= 11 is 0. The quantitative estimate of drug-likeness (QED) is 0.603. The third kappa shape index (κ3) is 2.57. The third-order valence-corrected chi connectivity index (χ3v) is 3.12. The van der Waals surface area contributed by atoms with E-state index in [0.717, 1.165) is 12.1 Å². The zero-order chi connectivity index (χ0) is 16.4.